The fourth-order valence-electron chi connectivity index (χ4n) is 1.68. The van der Waals surface area contributed by atoms with Crippen LogP contribution in [-0.4, -0.2) is 44.1 Å². The molecule has 0 unspecified atom stereocenters. The summed E-state index contributed by atoms with van der Waals surface area (Å²) in [7, 11) is 1.51. The molecule has 0 radical (unpaired) electrons. The first kappa shape index (κ1) is 19.0. The predicted octanol–water partition coefficient (Wildman–Crippen LogP) is 1.26. The van der Waals surface area contributed by atoms with Gasteiger partial charge in [-0.15, -0.1) is 0 Å². The van der Waals surface area contributed by atoms with Crippen LogP contribution < -0.4 is 15.4 Å². The van der Waals surface area contributed by atoms with Crippen molar-refractivity contribution >= 4 is 33.7 Å². The number of amides is 2. The highest BCUT2D eigenvalue weighted by molar-refractivity contribution is 9.10. The predicted molar refractivity (Wildman–Crippen MR) is 87.3 cm³/mol. The topological polar surface area (TPSA) is 93.7 Å². The second-order valence-electron chi connectivity index (χ2n) is 4.61. The third-order valence-electron chi connectivity index (χ3n) is 2.84. The van der Waals surface area contributed by atoms with Crippen molar-refractivity contribution in [2.75, 3.05) is 20.3 Å². The van der Waals surface area contributed by atoms with Crippen molar-refractivity contribution in [2.45, 2.75) is 19.9 Å². The van der Waals surface area contributed by atoms with Crippen molar-refractivity contribution < 1.29 is 23.9 Å². The van der Waals surface area contributed by atoms with Crippen LogP contribution in [0.5, 0.6) is 5.75 Å². The third-order valence-corrected chi connectivity index (χ3v) is 3.46. The highest BCUT2D eigenvalue weighted by Gasteiger charge is 2.17. The van der Waals surface area contributed by atoms with Gasteiger partial charge in [0, 0.05) is 6.54 Å². The molecule has 1 aromatic carbocycles. The van der Waals surface area contributed by atoms with Crippen LogP contribution in [0.3, 0.4) is 0 Å². The Hall–Kier alpha value is -2.09. The van der Waals surface area contributed by atoms with Crippen LogP contribution in [0, 0.1) is 0 Å². The molecule has 0 spiro atoms. The van der Waals surface area contributed by atoms with Gasteiger partial charge in [-0.2, -0.15) is 0 Å². The van der Waals surface area contributed by atoms with Crippen LogP contribution in [-0.2, 0) is 14.3 Å². The maximum atomic E-state index is 11.9. The number of rotatable bonds is 7. The van der Waals surface area contributed by atoms with Crippen molar-refractivity contribution in [1.82, 2.24) is 10.6 Å². The van der Waals surface area contributed by atoms with Gasteiger partial charge in [0.05, 0.1) is 17.1 Å². The summed E-state index contributed by atoms with van der Waals surface area (Å²) >= 11 is 3.26. The number of ether oxygens (including phenoxy) is 2. The number of nitrogens with one attached hydrogen (secondary N) is 2. The zero-order valence-electron chi connectivity index (χ0n) is 13.1. The Balaban J connectivity index is 2.51. The van der Waals surface area contributed by atoms with Gasteiger partial charge >= 0.3 is 5.97 Å². The molecule has 0 saturated carbocycles. The molecular weight excluding hydrogens is 368 g/mol. The summed E-state index contributed by atoms with van der Waals surface area (Å²) in [5, 5.41) is 5.02. The van der Waals surface area contributed by atoms with Gasteiger partial charge in [0.1, 0.15) is 11.8 Å². The Morgan fingerprint density at radius 3 is 2.57 bits per heavy atom. The molecule has 1 atom stereocenters. The Kier molecular flexibility index (Phi) is 7.53. The van der Waals surface area contributed by atoms with Crippen molar-refractivity contribution in [3.63, 3.8) is 0 Å². The second-order valence-corrected chi connectivity index (χ2v) is 5.46. The SMILES string of the molecule is CCNC(=O)[C@@H](C)NC(=O)COC(=O)c1ccc(OC)c(Br)c1. The summed E-state index contributed by atoms with van der Waals surface area (Å²) in [6.45, 7) is 3.33. The van der Waals surface area contributed by atoms with E-state index in [4.69, 9.17) is 9.47 Å². The normalized spacial score (nSPS) is 11.3. The van der Waals surface area contributed by atoms with Crippen LogP contribution in [0.15, 0.2) is 22.7 Å². The van der Waals surface area contributed by atoms with Crippen molar-refractivity contribution in [3.8, 4) is 5.75 Å². The van der Waals surface area contributed by atoms with Crippen molar-refractivity contribution in [3.05, 3.63) is 28.2 Å². The Labute approximate surface area is 142 Å². The first-order valence-electron chi connectivity index (χ1n) is 6.96. The number of carbonyl (C=O) groups excluding carboxylic acids is 3. The average Bonchev–Trinajstić information content (AvgIpc) is 2.52. The molecule has 0 fully saturated rings. The molecule has 1 aromatic rings. The van der Waals surface area contributed by atoms with Crippen molar-refractivity contribution in [1.29, 1.82) is 0 Å². The largest absolute Gasteiger partial charge is 0.496 e. The summed E-state index contributed by atoms with van der Waals surface area (Å²) in [5.74, 6) is -0.917. The average molecular weight is 387 g/mol. The van der Waals surface area contributed by atoms with E-state index in [-0.39, 0.29) is 11.5 Å². The summed E-state index contributed by atoms with van der Waals surface area (Å²) < 4.78 is 10.6. The molecule has 0 aromatic heterocycles. The molecule has 0 bridgehead atoms. The smallest absolute Gasteiger partial charge is 0.338 e. The van der Waals surface area contributed by atoms with E-state index in [1.807, 2.05) is 0 Å². The summed E-state index contributed by atoms with van der Waals surface area (Å²) in [5.41, 5.74) is 0.280. The van der Waals surface area contributed by atoms with Gasteiger partial charge in [-0.3, -0.25) is 9.59 Å². The molecule has 23 heavy (non-hydrogen) atoms. The minimum absolute atomic E-state index is 0.280. The van der Waals surface area contributed by atoms with Crippen LogP contribution in [0.4, 0.5) is 0 Å². The number of hydrogen-bond acceptors (Lipinski definition) is 5. The van der Waals surface area contributed by atoms with Gasteiger partial charge in [-0.1, -0.05) is 0 Å². The minimum atomic E-state index is -0.698. The van der Waals surface area contributed by atoms with Crippen LogP contribution >= 0.6 is 15.9 Å². The van der Waals surface area contributed by atoms with Crippen LogP contribution in [0.1, 0.15) is 24.2 Å². The monoisotopic (exact) mass is 386 g/mol. The lowest BCUT2D eigenvalue weighted by molar-refractivity contribution is -0.130. The quantitative estimate of drug-likeness (QED) is 0.687. The zero-order chi connectivity index (χ0) is 17.4. The van der Waals surface area contributed by atoms with E-state index >= 15 is 0 Å². The fraction of sp³-hybridized carbons (Fsp3) is 0.400. The van der Waals surface area contributed by atoms with E-state index in [1.54, 1.807) is 19.9 Å². The van der Waals surface area contributed by atoms with Crippen LogP contribution in [0.2, 0.25) is 0 Å². The van der Waals surface area contributed by atoms with Gasteiger partial charge in [0.25, 0.3) is 5.91 Å². The number of esters is 1. The van der Waals surface area contributed by atoms with Crippen LogP contribution in [0.25, 0.3) is 0 Å². The number of hydrogen-bond donors (Lipinski definition) is 2. The summed E-state index contributed by atoms with van der Waals surface area (Å²) in [6, 6.07) is 3.98. The zero-order valence-corrected chi connectivity index (χ0v) is 14.7. The molecule has 0 heterocycles. The number of carbonyl (C=O) groups is 3. The molecule has 0 saturated heterocycles. The number of likely N-dealkylation sites (N-methyl/N-ethyl adjacent to an activating group) is 1. The Bertz CT molecular complexity index is 591. The standard InChI is InChI=1S/C15H19BrN2O5/c1-4-17-14(20)9(2)18-13(19)8-23-15(21)10-5-6-12(22-3)11(16)7-10/h5-7,9H,4,8H2,1-3H3,(H,17,20)(H,18,19)/t9-/m1/s1. The second kappa shape index (κ2) is 9.14. The maximum absolute atomic E-state index is 11.9. The van der Waals surface area contributed by atoms with E-state index in [0.717, 1.165) is 0 Å². The van der Waals surface area contributed by atoms with E-state index in [1.165, 1.54) is 19.2 Å². The molecule has 7 nitrogen and oxygen atoms in total. The lowest BCUT2D eigenvalue weighted by Gasteiger charge is -2.13. The van der Waals surface area contributed by atoms with Crippen molar-refractivity contribution in [2.24, 2.45) is 0 Å². The van der Waals surface area contributed by atoms with Gasteiger partial charge in [0.15, 0.2) is 6.61 Å². The molecule has 1 rings (SSSR count). The number of halogens is 1. The molecule has 0 aliphatic carbocycles. The van der Waals surface area contributed by atoms with E-state index < -0.39 is 24.5 Å². The Morgan fingerprint density at radius 1 is 1.30 bits per heavy atom. The number of benzene rings is 1. The fourth-order valence-corrected chi connectivity index (χ4v) is 2.22. The molecule has 2 N–H and O–H groups in total. The number of methoxy groups -OCH3 is 1. The highest BCUT2D eigenvalue weighted by Crippen LogP contribution is 2.25. The lowest BCUT2D eigenvalue weighted by atomic mass is 10.2. The molecule has 126 valence electrons. The summed E-state index contributed by atoms with van der Waals surface area (Å²) in [4.78, 5) is 35.0. The maximum Gasteiger partial charge on any atom is 0.338 e. The first-order chi connectivity index (χ1) is 10.9. The minimum Gasteiger partial charge on any atom is -0.496 e. The van der Waals surface area contributed by atoms with Gasteiger partial charge in [0.2, 0.25) is 5.91 Å². The van der Waals surface area contributed by atoms with E-state index in [2.05, 4.69) is 26.6 Å². The van der Waals surface area contributed by atoms with Gasteiger partial charge in [-0.05, 0) is 48.0 Å². The van der Waals surface area contributed by atoms with Gasteiger partial charge in [-0.25, -0.2) is 4.79 Å². The molecule has 0 aliphatic rings. The molecule has 8 heteroatoms. The molecule has 0 aliphatic heterocycles. The lowest BCUT2D eigenvalue weighted by Crippen LogP contribution is -2.46. The molecular formula is C15H19BrN2O5. The third kappa shape index (κ3) is 5.90. The first-order valence-corrected chi connectivity index (χ1v) is 7.76. The van der Waals surface area contributed by atoms with Gasteiger partial charge < -0.3 is 20.1 Å². The highest BCUT2D eigenvalue weighted by atomic mass is 79.9. The molecule has 2 amide bonds. The summed E-state index contributed by atoms with van der Waals surface area (Å²) in [6.07, 6.45) is 0. The Morgan fingerprint density at radius 2 is 2.00 bits per heavy atom. The van der Waals surface area contributed by atoms with E-state index in [9.17, 15) is 14.4 Å². The van der Waals surface area contributed by atoms with E-state index in [0.29, 0.717) is 16.8 Å².